The van der Waals surface area contributed by atoms with E-state index in [2.05, 4.69) is 21.9 Å². The highest BCUT2D eigenvalue weighted by molar-refractivity contribution is 5.98. The maximum Gasteiger partial charge on any atom is 0.514 e. The van der Waals surface area contributed by atoms with Crippen molar-refractivity contribution in [1.82, 2.24) is 10.6 Å². The molecule has 0 heterocycles. The van der Waals surface area contributed by atoms with Gasteiger partial charge in [0.05, 0.1) is 11.5 Å². The number of nitrogens with zero attached hydrogens (tertiary/aromatic N) is 1. The van der Waals surface area contributed by atoms with Crippen LogP contribution in [0.25, 0.3) is 0 Å². The summed E-state index contributed by atoms with van der Waals surface area (Å²) in [6.07, 6.45) is 2.03. The molecule has 2 aromatic carbocycles. The van der Waals surface area contributed by atoms with E-state index in [9.17, 15) is 34.1 Å². The van der Waals surface area contributed by atoms with Gasteiger partial charge in [0.2, 0.25) is 5.91 Å². The first-order valence-electron chi connectivity index (χ1n) is 14.4. The normalized spacial score (nSPS) is 12.0. The number of rotatable bonds is 16. The number of carbonyl (C=O) groups is 5. The Kier molecular flexibility index (Phi) is 14.6. The summed E-state index contributed by atoms with van der Waals surface area (Å²) in [4.78, 5) is 71.6. The highest BCUT2D eigenvalue weighted by Crippen LogP contribution is 2.24. The molecule has 7 N–H and O–H groups in total. The number of ether oxygens (including phenoxy) is 4. The lowest BCUT2D eigenvalue weighted by atomic mass is 9.88. The Morgan fingerprint density at radius 1 is 1.00 bits per heavy atom. The van der Waals surface area contributed by atoms with Gasteiger partial charge in [0.25, 0.3) is 11.6 Å². The monoisotopic (exact) mass is 670 g/mol. The number of nitrogens with two attached hydrogens (primary N) is 2. The first-order chi connectivity index (χ1) is 22.6. The van der Waals surface area contributed by atoms with Gasteiger partial charge >= 0.3 is 18.3 Å². The predicted molar refractivity (Wildman–Crippen MR) is 170 cm³/mol. The lowest BCUT2D eigenvalue weighted by Crippen LogP contribution is -2.52. The van der Waals surface area contributed by atoms with Crippen molar-refractivity contribution in [3.05, 3.63) is 63.7 Å². The molecule has 2 rings (SSSR count). The Labute approximate surface area is 276 Å². The van der Waals surface area contributed by atoms with Crippen molar-refractivity contribution >= 4 is 41.5 Å². The van der Waals surface area contributed by atoms with Gasteiger partial charge in [-0.2, -0.15) is 0 Å². The molecule has 0 radical (unpaired) electrons. The fourth-order valence-electron chi connectivity index (χ4n) is 4.10. The summed E-state index contributed by atoms with van der Waals surface area (Å²) < 4.78 is 20.7. The van der Waals surface area contributed by atoms with Crippen molar-refractivity contribution in [2.75, 3.05) is 18.5 Å². The maximum absolute atomic E-state index is 13.4. The summed E-state index contributed by atoms with van der Waals surface area (Å²) in [7, 11) is 0. The molecule has 2 atom stereocenters. The molecule has 0 saturated carbocycles. The molecule has 0 bridgehead atoms. The second kappa shape index (κ2) is 18.3. The van der Waals surface area contributed by atoms with E-state index >= 15 is 0 Å². The fraction of sp³-hybridized carbons (Fsp3) is 0.387. The van der Waals surface area contributed by atoms with E-state index in [1.54, 1.807) is 32.9 Å². The average molecular weight is 671 g/mol. The predicted octanol–water partition coefficient (Wildman–Crippen LogP) is 2.84. The molecule has 17 heteroatoms. The highest BCUT2D eigenvalue weighted by Gasteiger charge is 2.36. The minimum Gasteiger partial charge on any atom is -0.436 e. The number of urea groups is 1. The summed E-state index contributed by atoms with van der Waals surface area (Å²) in [5.74, 6) is 0.965. The van der Waals surface area contributed by atoms with Crippen molar-refractivity contribution in [2.24, 2.45) is 16.9 Å². The zero-order valence-corrected chi connectivity index (χ0v) is 26.6. The first kappa shape index (κ1) is 38.3. The summed E-state index contributed by atoms with van der Waals surface area (Å²) in [5.41, 5.74) is 10.5. The largest absolute Gasteiger partial charge is 0.514 e. The quantitative estimate of drug-likeness (QED) is 0.0433. The number of primary amides is 2. The Morgan fingerprint density at radius 2 is 1.69 bits per heavy atom. The third-order valence-corrected chi connectivity index (χ3v) is 6.37. The van der Waals surface area contributed by atoms with E-state index < -0.39 is 52.6 Å². The van der Waals surface area contributed by atoms with Crippen LogP contribution in [0.15, 0.2) is 42.5 Å². The lowest BCUT2D eigenvalue weighted by Gasteiger charge is -2.30. The topological polar surface area (TPSA) is 254 Å². The molecular weight excluding hydrogens is 632 g/mol. The second-order valence-corrected chi connectivity index (χ2v) is 11.2. The van der Waals surface area contributed by atoms with Gasteiger partial charge in [0, 0.05) is 29.8 Å². The number of carbonyl (C=O) groups excluding carboxylic acids is 5. The average Bonchev–Trinajstić information content (AvgIpc) is 3.00. The van der Waals surface area contributed by atoms with Crippen LogP contribution in [-0.2, 0) is 37.0 Å². The molecule has 0 aliphatic carbocycles. The third-order valence-electron chi connectivity index (χ3n) is 6.37. The highest BCUT2D eigenvalue weighted by atomic mass is 16.7. The third kappa shape index (κ3) is 13.2. The van der Waals surface area contributed by atoms with Crippen molar-refractivity contribution in [1.29, 1.82) is 0 Å². The number of hydrogen-bond donors (Lipinski definition) is 5. The Hall–Kier alpha value is -5.89. The number of nitrogens with one attached hydrogen (secondary N) is 3. The van der Waals surface area contributed by atoms with Gasteiger partial charge in [-0.05, 0) is 48.2 Å². The van der Waals surface area contributed by atoms with Crippen LogP contribution in [0.3, 0.4) is 0 Å². The lowest BCUT2D eigenvalue weighted by molar-refractivity contribution is -0.384. The Bertz CT molecular complexity index is 1520. The molecular formula is C31H38N6O11. The number of non-ortho nitro benzene ring substituents is 1. The van der Waals surface area contributed by atoms with E-state index in [1.165, 1.54) is 30.3 Å². The van der Waals surface area contributed by atoms with Gasteiger partial charge in [-0.25, -0.2) is 14.4 Å². The van der Waals surface area contributed by atoms with E-state index in [0.29, 0.717) is 11.1 Å². The molecule has 17 nitrogen and oxygen atoms in total. The number of nitro groups is 1. The van der Waals surface area contributed by atoms with Crippen LogP contribution >= 0.6 is 0 Å². The van der Waals surface area contributed by atoms with Crippen LogP contribution in [0.2, 0.25) is 0 Å². The van der Waals surface area contributed by atoms with Crippen LogP contribution in [0.1, 0.15) is 44.7 Å². The summed E-state index contributed by atoms with van der Waals surface area (Å²) in [6.45, 7) is 4.74. The van der Waals surface area contributed by atoms with Crippen LogP contribution in [0.5, 0.6) is 5.75 Å². The van der Waals surface area contributed by atoms with E-state index in [1.807, 2.05) is 0 Å². The van der Waals surface area contributed by atoms with Gasteiger partial charge < -0.3 is 46.4 Å². The van der Waals surface area contributed by atoms with Gasteiger partial charge in [-0.1, -0.05) is 32.8 Å². The zero-order valence-electron chi connectivity index (χ0n) is 26.6. The molecule has 2 aromatic rings. The maximum atomic E-state index is 13.4. The number of amides is 5. The zero-order chi connectivity index (χ0) is 35.9. The smallest absolute Gasteiger partial charge is 0.436 e. The van der Waals surface area contributed by atoms with Crippen LogP contribution < -0.4 is 32.2 Å². The minimum absolute atomic E-state index is 0.0271. The fourth-order valence-corrected chi connectivity index (χ4v) is 4.10. The van der Waals surface area contributed by atoms with Gasteiger partial charge in [0.1, 0.15) is 25.0 Å². The van der Waals surface area contributed by atoms with Crippen molar-refractivity contribution < 1.29 is 47.8 Å². The van der Waals surface area contributed by atoms with Crippen LogP contribution in [0, 0.1) is 27.9 Å². The number of terminal acetylenes is 1. The standard InChI is InChI=1S/C31H38N6O11/c1-5-15-45-17-20-16-21(9-8-19(20)18-46-30(42)47-23-12-10-22(11-13-23)37(43)44)35-26(38)24(7-6-14-34-28(32)40)36-27(39)25(31(2,3)4)48-29(33)41/h1,8-13,16,24-25H,6-7,14-15,17-18H2,2-4H3,(H2,33,41)(H,35,38)(H,36,39)(H3,32,34,40)/t24-,25+/m1/s1. The molecule has 258 valence electrons. The summed E-state index contributed by atoms with van der Waals surface area (Å²) >= 11 is 0. The van der Waals surface area contributed by atoms with E-state index in [-0.39, 0.29) is 56.3 Å². The number of nitro benzene ring substituents is 1. The molecule has 0 aliphatic heterocycles. The molecule has 5 amide bonds. The minimum atomic E-state index is -1.32. The SMILES string of the molecule is C#CCOCc1cc(NC(=O)[C@@H](CCCNC(N)=O)NC(=O)[C@H](OC(N)=O)C(C)(C)C)ccc1COC(=O)Oc1ccc([N+](=O)[O-])cc1. The first-order valence-corrected chi connectivity index (χ1v) is 14.4. The number of hydrogen-bond acceptors (Lipinski definition) is 11. The van der Waals surface area contributed by atoms with E-state index in [4.69, 9.17) is 36.8 Å². The summed E-state index contributed by atoms with van der Waals surface area (Å²) in [5, 5.41) is 18.5. The van der Waals surface area contributed by atoms with Crippen molar-refractivity contribution in [3.8, 4) is 18.1 Å². The van der Waals surface area contributed by atoms with Crippen molar-refractivity contribution in [2.45, 2.75) is 59.0 Å². The Morgan fingerprint density at radius 3 is 2.27 bits per heavy atom. The molecule has 0 aliphatic rings. The van der Waals surface area contributed by atoms with Crippen molar-refractivity contribution in [3.63, 3.8) is 0 Å². The van der Waals surface area contributed by atoms with Crippen LogP contribution in [0.4, 0.5) is 25.8 Å². The molecule has 0 spiro atoms. The number of anilines is 1. The molecule has 0 fully saturated rings. The number of benzene rings is 2. The molecule has 0 aromatic heterocycles. The van der Waals surface area contributed by atoms with Gasteiger partial charge in [-0.15, -0.1) is 6.42 Å². The molecule has 0 unspecified atom stereocenters. The van der Waals surface area contributed by atoms with Crippen LogP contribution in [-0.4, -0.2) is 60.3 Å². The van der Waals surface area contributed by atoms with Gasteiger partial charge in [-0.3, -0.25) is 19.7 Å². The Balaban J connectivity index is 2.21. The second-order valence-electron chi connectivity index (χ2n) is 11.2. The molecule has 48 heavy (non-hydrogen) atoms. The summed E-state index contributed by atoms with van der Waals surface area (Å²) in [6, 6.07) is 7.55. The van der Waals surface area contributed by atoms with E-state index in [0.717, 1.165) is 0 Å². The molecule has 0 saturated heterocycles. The van der Waals surface area contributed by atoms with Gasteiger partial charge in [0.15, 0.2) is 6.10 Å².